The lowest BCUT2D eigenvalue weighted by Gasteiger charge is -2.26. The molecular weight excluding hydrogens is 362 g/mol. The summed E-state index contributed by atoms with van der Waals surface area (Å²) in [6.45, 7) is 8.71. The predicted molar refractivity (Wildman–Crippen MR) is 119 cm³/mol. The summed E-state index contributed by atoms with van der Waals surface area (Å²) >= 11 is 0. The maximum Gasteiger partial charge on any atom is 0.166 e. The van der Waals surface area contributed by atoms with Gasteiger partial charge in [-0.1, -0.05) is 89.8 Å². The Bertz CT molecular complexity index is 785. The van der Waals surface area contributed by atoms with Crippen molar-refractivity contribution in [1.29, 1.82) is 0 Å². The molecule has 1 unspecified atom stereocenters. The zero-order valence-corrected chi connectivity index (χ0v) is 18.5. The molecule has 0 spiro atoms. The van der Waals surface area contributed by atoms with E-state index in [1.807, 2.05) is 19.1 Å². The molecule has 29 heavy (non-hydrogen) atoms. The zero-order valence-electron chi connectivity index (χ0n) is 18.5. The van der Waals surface area contributed by atoms with E-state index in [1.54, 1.807) is 12.1 Å². The Morgan fingerprint density at radius 2 is 1.52 bits per heavy atom. The summed E-state index contributed by atoms with van der Waals surface area (Å²) in [5, 5.41) is 0. The van der Waals surface area contributed by atoms with Crippen LogP contribution in [0.1, 0.15) is 95.6 Å². The summed E-state index contributed by atoms with van der Waals surface area (Å²) < 4.78 is 29.7. The molecule has 1 aliphatic carbocycles. The average molecular weight is 399 g/mol. The minimum absolute atomic E-state index is 0.0311. The lowest BCUT2D eigenvalue weighted by atomic mass is 9.79. The fraction of sp³-hybridized carbons (Fsp3) is 0.556. The highest BCUT2D eigenvalue weighted by Crippen LogP contribution is 2.37. The van der Waals surface area contributed by atoms with E-state index in [0.717, 1.165) is 30.7 Å². The number of halogens is 2. The van der Waals surface area contributed by atoms with E-state index in [4.69, 9.17) is 0 Å². The van der Waals surface area contributed by atoms with Gasteiger partial charge in [-0.2, -0.15) is 0 Å². The van der Waals surface area contributed by atoms with Crippen molar-refractivity contribution in [2.75, 3.05) is 0 Å². The van der Waals surface area contributed by atoms with Crippen LogP contribution in [0.2, 0.25) is 0 Å². The van der Waals surface area contributed by atoms with Gasteiger partial charge in [0.15, 0.2) is 11.6 Å². The molecule has 0 amide bonds. The monoisotopic (exact) mass is 398 g/mol. The molecule has 0 radical (unpaired) electrons. The molecule has 1 aliphatic rings. The van der Waals surface area contributed by atoms with Crippen LogP contribution in [0.25, 0.3) is 11.1 Å². The smallest absolute Gasteiger partial charge is 0.166 e. The summed E-state index contributed by atoms with van der Waals surface area (Å²) in [5.74, 6) is 0.699. The van der Waals surface area contributed by atoms with Crippen molar-refractivity contribution in [2.24, 2.45) is 11.8 Å². The molecule has 2 atom stereocenters. The Morgan fingerprint density at radius 3 is 2.14 bits per heavy atom. The molecule has 0 aliphatic heterocycles. The number of benzene rings is 2. The third-order valence-corrected chi connectivity index (χ3v) is 7.14. The van der Waals surface area contributed by atoms with E-state index in [-0.39, 0.29) is 5.92 Å². The Morgan fingerprint density at radius 1 is 0.862 bits per heavy atom. The Balaban J connectivity index is 1.75. The van der Waals surface area contributed by atoms with Crippen molar-refractivity contribution in [2.45, 2.75) is 84.5 Å². The molecule has 158 valence electrons. The van der Waals surface area contributed by atoms with Gasteiger partial charge in [-0.05, 0) is 59.6 Å². The predicted octanol–water partition coefficient (Wildman–Crippen LogP) is 8.86. The Kier molecular flexibility index (Phi) is 7.49. The van der Waals surface area contributed by atoms with Crippen molar-refractivity contribution in [3.63, 3.8) is 0 Å². The highest BCUT2D eigenvalue weighted by Gasteiger charge is 2.21. The van der Waals surface area contributed by atoms with E-state index in [9.17, 15) is 8.78 Å². The van der Waals surface area contributed by atoms with Gasteiger partial charge in [-0.25, -0.2) is 8.78 Å². The van der Waals surface area contributed by atoms with Crippen molar-refractivity contribution in [3.05, 3.63) is 59.2 Å². The number of hydrogen-bond donors (Lipinski definition) is 0. The van der Waals surface area contributed by atoms with Gasteiger partial charge in [-0.15, -0.1) is 0 Å². The third-order valence-electron chi connectivity index (χ3n) is 7.14. The van der Waals surface area contributed by atoms with E-state index in [1.165, 1.54) is 31.2 Å². The molecule has 3 rings (SSSR count). The molecule has 0 bridgehead atoms. The largest absolute Gasteiger partial charge is 0.203 e. The molecular formula is C27H36F2. The van der Waals surface area contributed by atoms with Crippen LogP contribution in [0.3, 0.4) is 0 Å². The molecule has 0 saturated heterocycles. The van der Waals surface area contributed by atoms with Gasteiger partial charge in [-0.3, -0.25) is 0 Å². The third kappa shape index (κ3) is 5.27. The van der Waals surface area contributed by atoms with Gasteiger partial charge in [0.05, 0.1) is 0 Å². The zero-order chi connectivity index (χ0) is 21.0. The van der Waals surface area contributed by atoms with Crippen LogP contribution in [-0.4, -0.2) is 0 Å². The molecule has 2 aromatic rings. The van der Waals surface area contributed by atoms with Gasteiger partial charge >= 0.3 is 0 Å². The van der Waals surface area contributed by atoms with Crippen LogP contribution in [0.15, 0.2) is 36.4 Å². The first-order valence-electron chi connectivity index (χ1n) is 11.5. The van der Waals surface area contributed by atoms with Crippen LogP contribution >= 0.6 is 0 Å². The first-order valence-corrected chi connectivity index (χ1v) is 11.5. The highest BCUT2D eigenvalue weighted by molar-refractivity contribution is 5.65. The lowest BCUT2D eigenvalue weighted by Crippen LogP contribution is -2.10. The lowest BCUT2D eigenvalue weighted by molar-refractivity contribution is 0.348. The van der Waals surface area contributed by atoms with Crippen LogP contribution < -0.4 is 0 Å². The van der Waals surface area contributed by atoms with Crippen LogP contribution in [0.4, 0.5) is 8.78 Å². The van der Waals surface area contributed by atoms with Crippen molar-refractivity contribution in [3.8, 4) is 11.1 Å². The minimum atomic E-state index is -0.711. The normalized spacial score (nSPS) is 21.7. The maximum absolute atomic E-state index is 14.9. The van der Waals surface area contributed by atoms with Crippen molar-refractivity contribution in [1.82, 2.24) is 0 Å². The van der Waals surface area contributed by atoms with Gasteiger partial charge in [0.2, 0.25) is 0 Å². The quantitative estimate of drug-likeness (QED) is 0.437. The average Bonchev–Trinajstić information content (AvgIpc) is 2.74. The molecule has 0 aromatic heterocycles. The van der Waals surface area contributed by atoms with Crippen LogP contribution in [0, 0.1) is 23.5 Å². The van der Waals surface area contributed by atoms with E-state index < -0.39 is 11.6 Å². The highest BCUT2D eigenvalue weighted by atomic mass is 19.2. The summed E-state index contributed by atoms with van der Waals surface area (Å²) in [5.41, 5.74) is 2.96. The SMILES string of the molecule is CC[C@H](C)CCC(C)c1ccc(-c2ccc(C3CCC(C)CC3)cc2)c(F)c1F. The van der Waals surface area contributed by atoms with Gasteiger partial charge in [0, 0.05) is 5.56 Å². The van der Waals surface area contributed by atoms with Crippen molar-refractivity contribution < 1.29 is 8.78 Å². The van der Waals surface area contributed by atoms with Gasteiger partial charge in [0.1, 0.15) is 0 Å². The first kappa shape index (κ1) is 22.0. The second-order valence-electron chi connectivity index (χ2n) is 9.40. The molecule has 1 saturated carbocycles. The molecule has 0 heterocycles. The van der Waals surface area contributed by atoms with Crippen molar-refractivity contribution >= 4 is 0 Å². The summed E-state index contributed by atoms with van der Waals surface area (Å²) in [4.78, 5) is 0. The summed E-state index contributed by atoms with van der Waals surface area (Å²) in [7, 11) is 0. The van der Waals surface area contributed by atoms with E-state index >= 15 is 0 Å². The second-order valence-corrected chi connectivity index (χ2v) is 9.40. The Hall–Kier alpha value is -1.70. The van der Waals surface area contributed by atoms with Gasteiger partial charge < -0.3 is 0 Å². The second kappa shape index (κ2) is 9.87. The van der Waals surface area contributed by atoms with E-state index in [2.05, 4.69) is 32.9 Å². The fourth-order valence-electron chi connectivity index (χ4n) is 4.59. The van der Waals surface area contributed by atoms with Crippen LogP contribution in [0.5, 0.6) is 0 Å². The minimum Gasteiger partial charge on any atom is -0.203 e. The number of hydrogen-bond acceptors (Lipinski definition) is 0. The molecule has 2 heteroatoms. The molecule has 0 nitrogen and oxygen atoms in total. The molecule has 2 aromatic carbocycles. The fourth-order valence-corrected chi connectivity index (χ4v) is 4.59. The standard InChI is InChI=1S/C27H36F2/c1-5-18(2)6-9-20(4)24-16-17-25(27(29)26(24)28)23-14-12-22(13-15-23)21-10-7-19(3)8-11-21/h12-21H,5-11H2,1-4H3/t18-,19?,20?,21?/m0/s1. The number of rotatable bonds is 7. The Labute approximate surface area is 175 Å². The van der Waals surface area contributed by atoms with E-state index in [0.29, 0.717) is 23.0 Å². The first-order chi connectivity index (χ1) is 13.9. The summed E-state index contributed by atoms with van der Waals surface area (Å²) in [6.07, 6.45) is 8.07. The van der Waals surface area contributed by atoms with Crippen LogP contribution in [-0.2, 0) is 0 Å². The maximum atomic E-state index is 14.9. The molecule has 0 N–H and O–H groups in total. The van der Waals surface area contributed by atoms with Gasteiger partial charge in [0.25, 0.3) is 0 Å². The molecule has 1 fully saturated rings. The topological polar surface area (TPSA) is 0 Å². The summed E-state index contributed by atoms with van der Waals surface area (Å²) in [6, 6.07) is 11.7.